The van der Waals surface area contributed by atoms with Crippen LogP contribution in [-0.4, -0.2) is 49.6 Å². The maximum atomic E-state index is 5.19. The second kappa shape index (κ2) is 8.64. The lowest BCUT2D eigenvalue weighted by Gasteiger charge is -2.36. The second-order valence-corrected chi connectivity index (χ2v) is 5.84. The maximum absolute atomic E-state index is 5.19. The van der Waals surface area contributed by atoms with Crippen molar-refractivity contribution in [1.82, 2.24) is 9.80 Å². The molecule has 3 nitrogen and oxygen atoms in total. The minimum absolute atomic E-state index is 0.922. The van der Waals surface area contributed by atoms with E-state index in [-0.39, 0.29) is 0 Å². The Hall–Kier alpha value is -1.74. The monoisotopic (exact) mass is 300 g/mol. The average Bonchev–Trinajstić information content (AvgIpc) is 2.56. The van der Waals surface area contributed by atoms with E-state index < -0.39 is 0 Å². The Morgan fingerprint density at radius 2 is 1.86 bits per heavy atom. The Labute approximate surface area is 134 Å². The molecule has 1 saturated heterocycles. The van der Waals surface area contributed by atoms with Gasteiger partial charge in [0.15, 0.2) is 0 Å². The highest BCUT2D eigenvalue weighted by atomic mass is 16.5. The van der Waals surface area contributed by atoms with Gasteiger partial charge in [-0.3, -0.25) is 4.90 Å². The fourth-order valence-electron chi connectivity index (χ4n) is 2.88. The first kappa shape index (κ1) is 16.6. The molecule has 0 unspecified atom stereocenters. The van der Waals surface area contributed by atoms with Crippen LogP contribution in [0.2, 0.25) is 0 Å². The SMILES string of the molecule is C=CCN1CCN(C(=C)CCCc2ccc(OC)cc2)CC1. The summed E-state index contributed by atoms with van der Waals surface area (Å²) >= 11 is 0. The number of allylic oxidation sites excluding steroid dienone is 1. The van der Waals surface area contributed by atoms with Gasteiger partial charge in [0.2, 0.25) is 0 Å². The van der Waals surface area contributed by atoms with Gasteiger partial charge >= 0.3 is 0 Å². The first-order chi connectivity index (χ1) is 10.7. The zero-order chi connectivity index (χ0) is 15.8. The van der Waals surface area contributed by atoms with Gasteiger partial charge < -0.3 is 9.64 Å². The van der Waals surface area contributed by atoms with Crippen molar-refractivity contribution >= 4 is 0 Å². The molecule has 0 aliphatic carbocycles. The van der Waals surface area contributed by atoms with E-state index in [1.165, 1.54) is 11.3 Å². The molecule has 1 aromatic rings. The summed E-state index contributed by atoms with van der Waals surface area (Å²) in [7, 11) is 1.70. The Morgan fingerprint density at radius 3 is 2.45 bits per heavy atom. The summed E-state index contributed by atoms with van der Waals surface area (Å²) in [5, 5.41) is 0. The van der Waals surface area contributed by atoms with Crippen molar-refractivity contribution in [3.8, 4) is 5.75 Å². The van der Waals surface area contributed by atoms with Crippen molar-refractivity contribution in [3.05, 3.63) is 54.8 Å². The Balaban J connectivity index is 1.68. The van der Waals surface area contributed by atoms with Crippen LogP contribution in [-0.2, 0) is 6.42 Å². The maximum Gasteiger partial charge on any atom is 0.118 e. The number of nitrogens with zero attached hydrogens (tertiary/aromatic N) is 2. The molecule has 0 bridgehead atoms. The Morgan fingerprint density at radius 1 is 1.18 bits per heavy atom. The molecule has 0 radical (unpaired) electrons. The lowest BCUT2D eigenvalue weighted by molar-refractivity contribution is 0.168. The van der Waals surface area contributed by atoms with E-state index in [1.54, 1.807) is 7.11 Å². The highest BCUT2D eigenvalue weighted by Gasteiger charge is 2.16. The van der Waals surface area contributed by atoms with Crippen molar-refractivity contribution in [2.24, 2.45) is 0 Å². The molecule has 0 atom stereocenters. The molecule has 1 aliphatic heterocycles. The van der Waals surface area contributed by atoms with Gasteiger partial charge in [-0.25, -0.2) is 0 Å². The number of rotatable bonds is 8. The number of piperazine rings is 1. The molecule has 3 heteroatoms. The summed E-state index contributed by atoms with van der Waals surface area (Å²) in [6, 6.07) is 8.36. The minimum atomic E-state index is 0.922. The first-order valence-electron chi connectivity index (χ1n) is 8.12. The molecule has 22 heavy (non-hydrogen) atoms. The van der Waals surface area contributed by atoms with Crippen LogP contribution in [0.3, 0.4) is 0 Å². The Kier molecular flexibility index (Phi) is 6.53. The van der Waals surface area contributed by atoms with Gasteiger partial charge in [-0.2, -0.15) is 0 Å². The van der Waals surface area contributed by atoms with E-state index in [1.807, 2.05) is 18.2 Å². The molecule has 0 spiro atoms. The van der Waals surface area contributed by atoms with Gasteiger partial charge in [-0.1, -0.05) is 24.8 Å². The zero-order valence-electron chi connectivity index (χ0n) is 13.8. The molecular weight excluding hydrogens is 272 g/mol. The lowest BCUT2D eigenvalue weighted by atomic mass is 10.1. The molecule has 1 aromatic carbocycles. The van der Waals surface area contributed by atoms with Crippen LogP contribution in [0.15, 0.2) is 49.2 Å². The van der Waals surface area contributed by atoms with Gasteiger partial charge in [0.1, 0.15) is 5.75 Å². The molecule has 0 aromatic heterocycles. The smallest absolute Gasteiger partial charge is 0.118 e. The number of hydrogen-bond acceptors (Lipinski definition) is 3. The van der Waals surface area contributed by atoms with Gasteiger partial charge in [-0.15, -0.1) is 6.58 Å². The highest BCUT2D eigenvalue weighted by Crippen LogP contribution is 2.17. The van der Waals surface area contributed by atoms with Gasteiger partial charge in [0.05, 0.1) is 7.11 Å². The zero-order valence-corrected chi connectivity index (χ0v) is 13.8. The number of ether oxygens (including phenoxy) is 1. The third kappa shape index (κ3) is 4.92. The molecule has 2 rings (SSSR count). The van der Waals surface area contributed by atoms with E-state index >= 15 is 0 Å². The number of hydrogen-bond donors (Lipinski definition) is 0. The van der Waals surface area contributed by atoms with Crippen molar-refractivity contribution in [2.45, 2.75) is 19.3 Å². The quantitative estimate of drug-likeness (QED) is 0.685. The average molecular weight is 300 g/mol. The topological polar surface area (TPSA) is 15.7 Å². The summed E-state index contributed by atoms with van der Waals surface area (Å²) in [6.07, 6.45) is 5.31. The van der Waals surface area contributed by atoms with Crippen LogP contribution in [0.25, 0.3) is 0 Å². The minimum Gasteiger partial charge on any atom is -0.497 e. The molecule has 0 saturated carbocycles. The largest absolute Gasteiger partial charge is 0.497 e. The van der Waals surface area contributed by atoms with E-state index in [0.29, 0.717) is 0 Å². The molecule has 1 fully saturated rings. The molecule has 0 N–H and O–H groups in total. The van der Waals surface area contributed by atoms with E-state index in [2.05, 4.69) is 35.1 Å². The van der Waals surface area contributed by atoms with Gasteiger partial charge in [0.25, 0.3) is 0 Å². The van der Waals surface area contributed by atoms with Crippen LogP contribution in [0.4, 0.5) is 0 Å². The summed E-state index contributed by atoms with van der Waals surface area (Å²) in [4.78, 5) is 4.88. The Bertz CT molecular complexity index is 473. The highest BCUT2D eigenvalue weighted by molar-refractivity contribution is 5.27. The summed E-state index contributed by atoms with van der Waals surface area (Å²) < 4.78 is 5.19. The van der Waals surface area contributed by atoms with E-state index in [4.69, 9.17) is 4.74 Å². The van der Waals surface area contributed by atoms with Crippen molar-refractivity contribution in [3.63, 3.8) is 0 Å². The molecule has 1 aliphatic rings. The number of methoxy groups -OCH3 is 1. The molecular formula is C19H28N2O. The molecule has 120 valence electrons. The molecule has 0 amide bonds. The lowest BCUT2D eigenvalue weighted by Crippen LogP contribution is -2.45. The summed E-state index contributed by atoms with van der Waals surface area (Å²) in [5.74, 6) is 0.922. The van der Waals surface area contributed by atoms with Crippen LogP contribution >= 0.6 is 0 Å². The third-order valence-electron chi connectivity index (χ3n) is 4.30. The number of benzene rings is 1. The molecule has 1 heterocycles. The van der Waals surface area contributed by atoms with Crippen LogP contribution in [0.5, 0.6) is 5.75 Å². The van der Waals surface area contributed by atoms with Crippen molar-refractivity contribution in [1.29, 1.82) is 0 Å². The van der Waals surface area contributed by atoms with Crippen LogP contribution < -0.4 is 4.74 Å². The summed E-state index contributed by atoms with van der Waals surface area (Å²) in [6.45, 7) is 13.5. The van der Waals surface area contributed by atoms with Crippen molar-refractivity contribution < 1.29 is 4.74 Å². The van der Waals surface area contributed by atoms with E-state index in [9.17, 15) is 0 Å². The second-order valence-electron chi connectivity index (χ2n) is 5.84. The van der Waals surface area contributed by atoms with Gasteiger partial charge in [0, 0.05) is 38.4 Å². The standard InChI is InChI=1S/C19H28N2O/c1-4-12-20-13-15-21(16-14-20)17(2)6-5-7-18-8-10-19(22-3)11-9-18/h4,8-11H,1-2,5-7,12-16H2,3H3. The fourth-order valence-corrected chi connectivity index (χ4v) is 2.88. The van der Waals surface area contributed by atoms with Crippen molar-refractivity contribution in [2.75, 3.05) is 39.8 Å². The predicted octanol–water partition coefficient (Wildman–Crippen LogP) is 3.34. The van der Waals surface area contributed by atoms with Crippen LogP contribution in [0, 0.1) is 0 Å². The third-order valence-corrected chi connectivity index (χ3v) is 4.30. The predicted molar refractivity (Wildman–Crippen MR) is 93.3 cm³/mol. The summed E-state index contributed by atoms with van der Waals surface area (Å²) in [5.41, 5.74) is 2.65. The normalized spacial score (nSPS) is 15.6. The van der Waals surface area contributed by atoms with E-state index in [0.717, 1.165) is 57.7 Å². The number of aryl methyl sites for hydroxylation is 1. The van der Waals surface area contributed by atoms with Gasteiger partial charge in [-0.05, 0) is 37.0 Å². The fraction of sp³-hybridized carbons (Fsp3) is 0.474. The first-order valence-corrected chi connectivity index (χ1v) is 8.12. The van der Waals surface area contributed by atoms with Crippen LogP contribution in [0.1, 0.15) is 18.4 Å².